The van der Waals surface area contributed by atoms with Crippen molar-refractivity contribution in [3.05, 3.63) is 39.7 Å². The van der Waals surface area contributed by atoms with Crippen molar-refractivity contribution in [1.29, 1.82) is 0 Å². The molecule has 2 N–H and O–H groups in total. The minimum atomic E-state index is -4.85. The zero-order valence-corrected chi connectivity index (χ0v) is 8.89. The fraction of sp³-hybridized carbons (Fsp3) is 0.250. The molecule has 0 aliphatic rings. The van der Waals surface area contributed by atoms with E-state index in [2.05, 4.69) is 0 Å². The van der Waals surface area contributed by atoms with E-state index in [0.29, 0.717) is 12.1 Å². The number of nitrogens with two attached hydrogens (primary N) is 1. The summed E-state index contributed by atoms with van der Waals surface area (Å²) in [5.41, 5.74) is 3.17. The largest absolute Gasteiger partial charge is 0.407 e. The van der Waals surface area contributed by atoms with Gasteiger partial charge in [0.15, 0.2) is 0 Å². The van der Waals surface area contributed by atoms with Crippen LogP contribution in [0.3, 0.4) is 0 Å². The highest BCUT2D eigenvalue weighted by atomic mass is 35.5. The minimum absolute atomic E-state index is 0. The lowest BCUT2D eigenvalue weighted by molar-refractivity contribution is -0.385. The third kappa shape index (κ3) is 3.53. The maximum Gasteiger partial charge on any atom is 0.407 e. The minimum Gasteiger partial charge on any atom is -0.316 e. The van der Waals surface area contributed by atoms with Gasteiger partial charge < -0.3 is 5.73 Å². The summed E-state index contributed by atoms with van der Waals surface area (Å²) in [5, 5.41) is 10.3. The van der Waals surface area contributed by atoms with Crippen LogP contribution in [0.5, 0.6) is 0 Å². The van der Waals surface area contributed by atoms with Crippen molar-refractivity contribution in [2.24, 2.45) is 5.73 Å². The van der Waals surface area contributed by atoms with Gasteiger partial charge in [0, 0.05) is 17.7 Å². The second-order valence-corrected chi connectivity index (χ2v) is 2.98. The van der Waals surface area contributed by atoms with Crippen LogP contribution in [0.25, 0.3) is 0 Å². The van der Waals surface area contributed by atoms with Crippen LogP contribution in [0, 0.1) is 15.9 Å². The Bertz CT molecular complexity index is 424. The van der Waals surface area contributed by atoms with Gasteiger partial charge in [0.2, 0.25) is 0 Å². The Balaban J connectivity index is 0.00000256. The summed E-state index contributed by atoms with van der Waals surface area (Å²) in [6.45, 7) is 0. The van der Waals surface area contributed by atoms with Gasteiger partial charge in [-0.15, -0.1) is 12.4 Å². The Morgan fingerprint density at radius 1 is 1.35 bits per heavy atom. The Morgan fingerprint density at radius 2 is 1.88 bits per heavy atom. The standard InChI is InChI=1S/C8H6F4N2O2.ClH/c9-6-2-1-4(14(15)16)3-5(6)7(13)8(10,11)12;/h1-3,7H,13H2;1H/t7-;/m1./s1. The van der Waals surface area contributed by atoms with Crippen LogP contribution in [0.15, 0.2) is 18.2 Å². The highest BCUT2D eigenvalue weighted by Crippen LogP contribution is 2.33. The third-order valence-electron chi connectivity index (χ3n) is 1.88. The number of hydrogen-bond donors (Lipinski definition) is 1. The molecule has 0 aliphatic carbocycles. The summed E-state index contributed by atoms with van der Waals surface area (Å²) in [6, 6.07) is -0.749. The van der Waals surface area contributed by atoms with E-state index in [1.54, 1.807) is 0 Å². The number of nitro groups is 1. The summed E-state index contributed by atoms with van der Waals surface area (Å²) < 4.78 is 49.6. The van der Waals surface area contributed by atoms with Gasteiger partial charge in [-0.3, -0.25) is 10.1 Å². The molecule has 0 amide bonds. The van der Waals surface area contributed by atoms with Gasteiger partial charge in [-0.2, -0.15) is 13.2 Å². The van der Waals surface area contributed by atoms with Gasteiger partial charge in [0.25, 0.3) is 5.69 Å². The van der Waals surface area contributed by atoms with Crippen molar-refractivity contribution in [2.45, 2.75) is 12.2 Å². The molecule has 1 atom stereocenters. The molecule has 1 aromatic rings. The molecule has 0 spiro atoms. The fourth-order valence-electron chi connectivity index (χ4n) is 1.06. The normalized spacial score (nSPS) is 12.8. The third-order valence-corrected chi connectivity index (χ3v) is 1.88. The summed E-state index contributed by atoms with van der Waals surface area (Å²) in [7, 11) is 0. The Morgan fingerprint density at radius 3 is 2.29 bits per heavy atom. The second kappa shape index (κ2) is 5.28. The molecule has 17 heavy (non-hydrogen) atoms. The molecular weight excluding hydrogens is 268 g/mol. The maximum absolute atomic E-state index is 13.0. The molecule has 96 valence electrons. The Labute approximate surface area is 99.0 Å². The van der Waals surface area contributed by atoms with E-state index in [1.165, 1.54) is 0 Å². The zero-order valence-electron chi connectivity index (χ0n) is 8.07. The predicted molar refractivity (Wildman–Crippen MR) is 53.3 cm³/mol. The number of rotatable bonds is 2. The number of nitro benzene ring substituents is 1. The SMILES string of the molecule is Cl.N[C@H](c1cc([N+](=O)[O-])ccc1F)C(F)(F)F. The van der Waals surface area contributed by atoms with Crippen molar-refractivity contribution in [2.75, 3.05) is 0 Å². The van der Waals surface area contributed by atoms with Crippen molar-refractivity contribution in [3.8, 4) is 0 Å². The van der Waals surface area contributed by atoms with Crippen molar-refractivity contribution in [1.82, 2.24) is 0 Å². The van der Waals surface area contributed by atoms with Gasteiger partial charge in [0.05, 0.1) is 4.92 Å². The van der Waals surface area contributed by atoms with Crippen molar-refractivity contribution >= 4 is 18.1 Å². The van der Waals surface area contributed by atoms with E-state index >= 15 is 0 Å². The van der Waals surface area contributed by atoms with Gasteiger partial charge in [-0.05, 0) is 6.07 Å². The lowest BCUT2D eigenvalue weighted by Crippen LogP contribution is -2.29. The van der Waals surface area contributed by atoms with Crippen LogP contribution in [-0.4, -0.2) is 11.1 Å². The molecule has 9 heteroatoms. The summed E-state index contributed by atoms with van der Waals surface area (Å²) in [4.78, 5) is 9.37. The van der Waals surface area contributed by atoms with Crippen LogP contribution in [0.1, 0.15) is 11.6 Å². The Hall–Kier alpha value is -1.41. The quantitative estimate of drug-likeness (QED) is 0.512. The molecule has 4 nitrogen and oxygen atoms in total. The van der Waals surface area contributed by atoms with Gasteiger partial charge in [-0.25, -0.2) is 4.39 Å². The first-order chi connectivity index (χ1) is 7.23. The van der Waals surface area contributed by atoms with Crippen LogP contribution >= 0.6 is 12.4 Å². The highest BCUT2D eigenvalue weighted by Gasteiger charge is 2.39. The van der Waals surface area contributed by atoms with Gasteiger partial charge in [0.1, 0.15) is 11.9 Å². The van der Waals surface area contributed by atoms with Gasteiger partial charge in [-0.1, -0.05) is 0 Å². The first-order valence-electron chi connectivity index (χ1n) is 3.99. The molecule has 0 fully saturated rings. The molecule has 0 heterocycles. The first-order valence-corrected chi connectivity index (χ1v) is 3.99. The van der Waals surface area contributed by atoms with E-state index in [-0.39, 0.29) is 12.4 Å². The predicted octanol–water partition coefficient (Wildman–Crippen LogP) is 2.72. The topological polar surface area (TPSA) is 69.2 Å². The first kappa shape index (κ1) is 15.6. The Kier molecular flexibility index (Phi) is 4.84. The summed E-state index contributed by atoms with van der Waals surface area (Å²) in [5.74, 6) is -1.23. The van der Waals surface area contributed by atoms with Crippen LogP contribution in [0.2, 0.25) is 0 Å². The molecule has 1 rings (SSSR count). The van der Waals surface area contributed by atoms with Crippen molar-refractivity contribution < 1.29 is 22.5 Å². The van der Waals surface area contributed by atoms with E-state index in [9.17, 15) is 27.7 Å². The average Bonchev–Trinajstić information content (AvgIpc) is 2.15. The number of halogens is 5. The van der Waals surface area contributed by atoms with E-state index < -0.39 is 34.2 Å². The molecule has 0 unspecified atom stereocenters. The molecule has 0 aliphatic heterocycles. The van der Waals surface area contributed by atoms with Crippen LogP contribution in [0.4, 0.5) is 23.2 Å². The zero-order chi connectivity index (χ0) is 12.5. The second-order valence-electron chi connectivity index (χ2n) is 2.98. The van der Waals surface area contributed by atoms with E-state index in [0.717, 1.165) is 6.07 Å². The molecule has 0 saturated carbocycles. The lowest BCUT2D eigenvalue weighted by Gasteiger charge is -2.16. The van der Waals surface area contributed by atoms with Gasteiger partial charge >= 0.3 is 6.18 Å². The molecule has 0 bridgehead atoms. The number of non-ortho nitro benzene ring substituents is 1. The summed E-state index contributed by atoms with van der Waals surface area (Å²) >= 11 is 0. The number of nitrogens with zero attached hydrogens (tertiary/aromatic N) is 1. The van der Waals surface area contributed by atoms with Crippen LogP contribution < -0.4 is 5.73 Å². The van der Waals surface area contributed by atoms with Crippen molar-refractivity contribution in [3.63, 3.8) is 0 Å². The van der Waals surface area contributed by atoms with E-state index in [1.807, 2.05) is 0 Å². The highest BCUT2D eigenvalue weighted by molar-refractivity contribution is 5.85. The molecule has 0 aromatic heterocycles. The molecule has 1 aromatic carbocycles. The number of alkyl halides is 3. The maximum atomic E-state index is 13.0. The molecule has 0 saturated heterocycles. The smallest absolute Gasteiger partial charge is 0.316 e. The number of benzene rings is 1. The number of hydrogen-bond acceptors (Lipinski definition) is 3. The molecule has 0 radical (unpaired) electrons. The molecular formula is C8H7ClF4N2O2. The van der Waals surface area contributed by atoms with E-state index in [4.69, 9.17) is 5.73 Å². The monoisotopic (exact) mass is 274 g/mol. The fourth-order valence-corrected chi connectivity index (χ4v) is 1.06. The average molecular weight is 275 g/mol. The summed E-state index contributed by atoms with van der Waals surface area (Å²) in [6.07, 6.45) is -4.85. The lowest BCUT2D eigenvalue weighted by atomic mass is 10.1. The van der Waals surface area contributed by atoms with Crippen LogP contribution in [-0.2, 0) is 0 Å².